The van der Waals surface area contributed by atoms with E-state index in [1.54, 1.807) is 29.2 Å². The molecular formula is C19H23N3O3. The van der Waals surface area contributed by atoms with Gasteiger partial charge in [0.15, 0.2) is 0 Å². The summed E-state index contributed by atoms with van der Waals surface area (Å²) in [6.07, 6.45) is 4.64. The van der Waals surface area contributed by atoms with Crippen molar-refractivity contribution in [2.75, 3.05) is 26.2 Å². The van der Waals surface area contributed by atoms with Crippen LogP contribution in [0.1, 0.15) is 31.7 Å². The molecule has 1 aliphatic heterocycles. The number of nitriles is 1. The van der Waals surface area contributed by atoms with Crippen LogP contribution in [0.25, 0.3) is 6.08 Å². The molecule has 0 aliphatic carbocycles. The van der Waals surface area contributed by atoms with Crippen LogP contribution in [-0.4, -0.2) is 43.0 Å². The van der Waals surface area contributed by atoms with Crippen LogP contribution in [0.5, 0.6) is 5.75 Å². The number of benzene rings is 1. The third kappa shape index (κ3) is 5.64. The second kappa shape index (κ2) is 9.48. The zero-order valence-corrected chi connectivity index (χ0v) is 14.5. The molecule has 25 heavy (non-hydrogen) atoms. The Bertz CT molecular complexity index is 668. The Morgan fingerprint density at radius 2 is 1.92 bits per heavy atom. The average molecular weight is 341 g/mol. The maximum Gasteiger partial charge on any atom is 0.262 e. The molecule has 0 spiro atoms. The lowest BCUT2D eigenvalue weighted by molar-refractivity contribution is -0.132. The normalized spacial score (nSPS) is 14.6. The number of rotatable bonds is 6. The highest BCUT2D eigenvalue weighted by Gasteiger charge is 2.18. The number of carbonyl (C=O) groups is 2. The molecule has 0 aromatic heterocycles. The lowest BCUT2D eigenvalue weighted by Gasteiger charge is -2.26. The maximum atomic E-state index is 12.1. The highest BCUT2D eigenvalue weighted by atomic mass is 16.5. The van der Waals surface area contributed by atoms with Gasteiger partial charge in [-0.05, 0) is 50.0 Å². The van der Waals surface area contributed by atoms with Crippen LogP contribution >= 0.6 is 0 Å². The SMILES string of the molecule is CCOc1ccc(C=C(C#N)C(=O)NCC(=O)N2CCCCC2)cc1. The number of nitrogens with one attached hydrogen (secondary N) is 1. The molecule has 0 atom stereocenters. The van der Waals surface area contributed by atoms with Gasteiger partial charge in [-0.15, -0.1) is 0 Å². The first-order valence-corrected chi connectivity index (χ1v) is 8.54. The van der Waals surface area contributed by atoms with Crippen LogP contribution in [0.4, 0.5) is 0 Å². The van der Waals surface area contributed by atoms with E-state index in [4.69, 9.17) is 4.74 Å². The van der Waals surface area contributed by atoms with Crippen LogP contribution in [0.2, 0.25) is 0 Å². The molecule has 1 saturated heterocycles. The van der Waals surface area contributed by atoms with Gasteiger partial charge < -0.3 is 15.0 Å². The quantitative estimate of drug-likeness (QED) is 0.635. The summed E-state index contributed by atoms with van der Waals surface area (Å²) in [7, 11) is 0. The van der Waals surface area contributed by atoms with E-state index in [9.17, 15) is 14.9 Å². The number of amides is 2. The molecule has 0 bridgehead atoms. The zero-order valence-electron chi connectivity index (χ0n) is 14.5. The Kier molecular flexibility index (Phi) is 7.02. The lowest BCUT2D eigenvalue weighted by Crippen LogP contribution is -2.42. The molecule has 1 aliphatic rings. The summed E-state index contributed by atoms with van der Waals surface area (Å²) in [6.45, 7) is 3.87. The molecule has 6 nitrogen and oxygen atoms in total. The third-order valence-corrected chi connectivity index (χ3v) is 3.98. The Morgan fingerprint density at radius 1 is 1.24 bits per heavy atom. The predicted octanol–water partition coefficient (Wildman–Crippen LogP) is 2.12. The van der Waals surface area contributed by atoms with Gasteiger partial charge in [0.2, 0.25) is 5.91 Å². The van der Waals surface area contributed by atoms with E-state index in [1.807, 2.05) is 13.0 Å². The van der Waals surface area contributed by atoms with Gasteiger partial charge in [0.25, 0.3) is 5.91 Å². The number of nitrogens with zero attached hydrogens (tertiary/aromatic N) is 2. The van der Waals surface area contributed by atoms with Gasteiger partial charge in [-0.3, -0.25) is 9.59 Å². The molecule has 0 saturated carbocycles. The zero-order chi connectivity index (χ0) is 18.1. The third-order valence-electron chi connectivity index (χ3n) is 3.98. The Labute approximate surface area is 148 Å². The van der Waals surface area contributed by atoms with Crippen molar-refractivity contribution in [2.24, 2.45) is 0 Å². The summed E-state index contributed by atoms with van der Waals surface area (Å²) in [4.78, 5) is 26.0. The van der Waals surface area contributed by atoms with Crippen molar-refractivity contribution in [1.29, 1.82) is 5.26 Å². The molecule has 2 amide bonds. The summed E-state index contributed by atoms with van der Waals surface area (Å²) in [5.74, 6) is 0.0860. The summed E-state index contributed by atoms with van der Waals surface area (Å²) >= 11 is 0. The molecular weight excluding hydrogens is 318 g/mol. The van der Waals surface area contributed by atoms with Crippen molar-refractivity contribution in [1.82, 2.24) is 10.2 Å². The van der Waals surface area contributed by atoms with Crippen molar-refractivity contribution < 1.29 is 14.3 Å². The van der Waals surface area contributed by atoms with Gasteiger partial charge in [0.05, 0.1) is 13.2 Å². The van der Waals surface area contributed by atoms with Gasteiger partial charge in [0, 0.05) is 13.1 Å². The second-order valence-electron chi connectivity index (χ2n) is 5.80. The van der Waals surface area contributed by atoms with Crippen molar-refractivity contribution in [3.63, 3.8) is 0 Å². The van der Waals surface area contributed by atoms with Gasteiger partial charge in [-0.2, -0.15) is 5.26 Å². The molecule has 1 heterocycles. The van der Waals surface area contributed by atoms with Gasteiger partial charge >= 0.3 is 0 Å². The van der Waals surface area contributed by atoms with Gasteiger partial charge in [-0.1, -0.05) is 12.1 Å². The first-order chi connectivity index (χ1) is 12.1. The number of ether oxygens (including phenoxy) is 1. The fraction of sp³-hybridized carbons (Fsp3) is 0.421. The van der Waals surface area contributed by atoms with Crippen molar-refractivity contribution in [3.05, 3.63) is 35.4 Å². The van der Waals surface area contributed by atoms with Crippen molar-refractivity contribution >= 4 is 17.9 Å². The molecule has 1 N–H and O–H groups in total. The smallest absolute Gasteiger partial charge is 0.262 e. The van der Waals surface area contributed by atoms with Crippen LogP contribution in [0.15, 0.2) is 29.8 Å². The highest BCUT2D eigenvalue weighted by molar-refractivity contribution is 6.03. The summed E-state index contributed by atoms with van der Waals surface area (Å²) < 4.78 is 5.36. The maximum absolute atomic E-state index is 12.1. The van der Waals surface area contributed by atoms with Gasteiger partial charge in [-0.25, -0.2) is 0 Å². The van der Waals surface area contributed by atoms with Crippen LogP contribution < -0.4 is 10.1 Å². The minimum Gasteiger partial charge on any atom is -0.494 e. The Morgan fingerprint density at radius 3 is 2.52 bits per heavy atom. The van der Waals surface area contributed by atoms with E-state index in [0.717, 1.165) is 43.7 Å². The number of carbonyl (C=O) groups excluding carboxylic acids is 2. The van der Waals surface area contributed by atoms with E-state index in [0.29, 0.717) is 6.61 Å². The van der Waals surface area contributed by atoms with E-state index in [-0.39, 0.29) is 18.0 Å². The number of piperidine rings is 1. The molecule has 6 heteroatoms. The molecule has 1 aromatic carbocycles. The Hall–Kier alpha value is -2.81. The van der Waals surface area contributed by atoms with E-state index in [1.165, 1.54) is 6.08 Å². The monoisotopic (exact) mass is 341 g/mol. The summed E-state index contributed by atoms with van der Waals surface area (Å²) in [6, 6.07) is 8.99. The van der Waals surface area contributed by atoms with Crippen LogP contribution in [-0.2, 0) is 9.59 Å². The predicted molar refractivity (Wildman–Crippen MR) is 94.6 cm³/mol. The van der Waals surface area contributed by atoms with Gasteiger partial charge in [0.1, 0.15) is 17.4 Å². The van der Waals surface area contributed by atoms with E-state index in [2.05, 4.69) is 5.32 Å². The van der Waals surface area contributed by atoms with Crippen molar-refractivity contribution in [2.45, 2.75) is 26.2 Å². The number of likely N-dealkylation sites (tertiary alicyclic amines) is 1. The fourth-order valence-electron chi connectivity index (χ4n) is 2.65. The first kappa shape index (κ1) is 18.5. The molecule has 0 unspecified atom stereocenters. The largest absolute Gasteiger partial charge is 0.494 e. The van der Waals surface area contributed by atoms with Crippen molar-refractivity contribution in [3.8, 4) is 11.8 Å². The first-order valence-electron chi connectivity index (χ1n) is 8.54. The average Bonchev–Trinajstić information content (AvgIpc) is 2.66. The van der Waals surface area contributed by atoms with E-state index < -0.39 is 5.91 Å². The summed E-state index contributed by atoms with van der Waals surface area (Å²) in [5.41, 5.74) is 0.688. The lowest BCUT2D eigenvalue weighted by atomic mass is 10.1. The molecule has 1 fully saturated rings. The highest BCUT2D eigenvalue weighted by Crippen LogP contribution is 2.14. The van der Waals surface area contributed by atoms with Crippen LogP contribution in [0.3, 0.4) is 0 Å². The minimum atomic E-state index is -0.540. The fourth-order valence-corrected chi connectivity index (χ4v) is 2.65. The molecule has 132 valence electrons. The number of hydrogen-bond donors (Lipinski definition) is 1. The number of hydrogen-bond acceptors (Lipinski definition) is 4. The molecule has 2 rings (SSSR count). The van der Waals surface area contributed by atoms with Crippen LogP contribution in [0, 0.1) is 11.3 Å². The molecule has 1 aromatic rings. The Balaban J connectivity index is 1.93. The molecule has 0 radical (unpaired) electrons. The minimum absolute atomic E-state index is 0.0318. The second-order valence-corrected chi connectivity index (χ2v) is 5.80. The standard InChI is InChI=1S/C19H23N3O3/c1-2-25-17-8-6-15(7-9-17)12-16(13-20)19(24)21-14-18(23)22-10-4-3-5-11-22/h6-9,12H,2-5,10-11,14H2,1H3,(H,21,24). The topological polar surface area (TPSA) is 82.4 Å². The van der Waals surface area contributed by atoms with E-state index >= 15 is 0 Å². The summed E-state index contributed by atoms with van der Waals surface area (Å²) in [5, 5.41) is 11.7.